The highest BCUT2D eigenvalue weighted by Crippen LogP contribution is 2.18. The van der Waals surface area contributed by atoms with Gasteiger partial charge in [0.1, 0.15) is 6.10 Å². The predicted molar refractivity (Wildman–Crippen MR) is 64.9 cm³/mol. The number of hydrogen-bond donors (Lipinski definition) is 1. The Morgan fingerprint density at radius 1 is 1.50 bits per heavy atom. The van der Waals surface area contributed by atoms with Crippen LogP contribution in [0, 0.1) is 0 Å². The molecule has 94 valence electrons. The summed E-state index contributed by atoms with van der Waals surface area (Å²) in [5, 5.41) is 11.3. The van der Waals surface area contributed by atoms with E-state index >= 15 is 0 Å². The van der Waals surface area contributed by atoms with E-state index in [0.29, 0.717) is 6.54 Å². The maximum atomic E-state index is 5.74. The van der Waals surface area contributed by atoms with Crippen LogP contribution in [-0.2, 0) is 11.3 Å². The number of hydrogen-bond acceptors (Lipinski definition) is 5. The minimum Gasteiger partial charge on any atom is -0.369 e. The molecule has 18 heavy (non-hydrogen) atoms. The van der Waals surface area contributed by atoms with Crippen molar-refractivity contribution in [2.24, 2.45) is 0 Å². The molecule has 2 aromatic rings. The molecule has 3 heterocycles. The fourth-order valence-corrected chi connectivity index (χ4v) is 2.08. The Hall–Kier alpha value is -1.79. The highest BCUT2D eigenvalue weighted by molar-refractivity contribution is 5.08. The molecule has 6 nitrogen and oxygen atoms in total. The first kappa shape index (κ1) is 11.3. The fourth-order valence-electron chi connectivity index (χ4n) is 2.08. The molecule has 6 heteroatoms. The molecule has 1 N–H and O–H groups in total. The van der Waals surface area contributed by atoms with Crippen molar-refractivity contribution in [3.05, 3.63) is 42.2 Å². The first-order chi connectivity index (χ1) is 8.93. The van der Waals surface area contributed by atoms with Gasteiger partial charge in [0.15, 0.2) is 0 Å². The summed E-state index contributed by atoms with van der Waals surface area (Å²) in [6.07, 6.45) is 5.40. The number of aromatic nitrogens is 4. The molecule has 1 atom stereocenters. The first-order valence-corrected chi connectivity index (χ1v) is 6.02. The Morgan fingerprint density at radius 3 is 3.28 bits per heavy atom. The molecule has 1 saturated heterocycles. The largest absolute Gasteiger partial charge is 0.369 e. The van der Waals surface area contributed by atoms with E-state index in [1.54, 1.807) is 6.20 Å². The zero-order valence-electron chi connectivity index (χ0n) is 9.99. The molecule has 1 aliphatic heterocycles. The quantitative estimate of drug-likeness (QED) is 0.847. The van der Waals surface area contributed by atoms with Crippen molar-refractivity contribution in [2.75, 3.05) is 19.7 Å². The third-order valence-corrected chi connectivity index (χ3v) is 2.96. The summed E-state index contributed by atoms with van der Waals surface area (Å²) in [5.41, 5.74) is 1.99. The third-order valence-electron chi connectivity index (χ3n) is 2.96. The maximum absolute atomic E-state index is 5.74. The van der Waals surface area contributed by atoms with Crippen molar-refractivity contribution in [1.29, 1.82) is 0 Å². The standard InChI is InChI=1S/C12H15N5O/c1-2-10(16-15-3-1)8-17-9-14-6-11(17)12-7-13-4-5-18-12/h1-3,6,9,12-13H,4-5,7-8H2. The molecule has 0 aromatic carbocycles. The van der Waals surface area contributed by atoms with Crippen molar-refractivity contribution in [2.45, 2.75) is 12.6 Å². The average Bonchev–Trinajstić information content (AvgIpc) is 2.89. The molecule has 0 radical (unpaired) electrons. The lowest BCUT2D eigenvalue weighted by molar-refractivity contribution is 0.0230. The van der Waals surface area contributed by atoms with Gasteiger partial charge < -0.3 is 14.6 Å². The van der Waals surface area contributed by atoms with E-state index in [0.717, 1.165) is 31.1 Å². The van der Waals surface area contributed by atoms with Crippen molar-refractivity contribution in [3.63, 3.8) is 0 Å². The monoisotopic (exact) mass is 245 g/mol. The van der Waals surface area contributed by atoms with Crippen LogP contribution in [0.5, 0.6) is 0 Å². The van der Waals surface area contributed by atoms with Crippen LogP contribution in [0.15, 0.2) is 30.9 Å². The topological polar surface area (TPSA) is 64.9 Å². The van der Waals surface area contributed by atoms with Crippen LogP contribution in [-0.4, -0.2) is 39.4 Å². The minimum atomic E-state index is 0.0675. The van der Waals surface area contributed by atoms with Crippen LogP contribution < -0.4 is 5.32 Å². The van der Waals surface area contributed by atoms with Crippen molar-refractivity contribution in [3.8, 4) is 0 Å². The Labute approximate surface area is 105 Å². The molecular formula is C12H15N5O. The van der Waals surface area contributed by atoms with Crippen LogP contribution in [0.3, 0.4) is 0 Å². The third kappa shape index (κ3) is 2.39. The Morgan fingerprint density at radius 2 is 2.50 bits per heavy atom. The molecule has 0 saturated carbocycles. The lowest BCUT2D eigenvalue weighted by Gasteiger charge is -2.24. The Kier molecular flexibility index (Phi) is 3.29. The molecule has 3 rings (SSSR count). The number of ether oxygens (including phenoxy) is 1. The lowest BCUT2D eigenvalue weighted by atomic mass is 10.2. The van der Waals surface area contributed by atoms with Crippen LogP contribution in [0.4, 0.5) is 0 Å². The molecule has 1 aliphatic rings. The molecular weight excluding hydrogens is 230 g/mol. The lowest BCUT2D eigenvalue weighted by Crippen LogP contribution is -2.34. The molecule has 0 spiro atoms. The molecule has 0 bridgehead atoms. The number of morpholine rings is 1. The summed E-state index contributed by atoms with van der Waals surface area (Å²) in [6, 6.07) is 3.84. The Bertz CT molecular complexity index is 492. The van der Waals surface area contributed by atoms with E-state index in [-0.39, 0.29) is 6.10 Å². The van der Waals surface area contributed by atoms with Crippen LogP contribution in [0.1, 0.15) is 17.5 Å². The van der Waals surface area contributed by atoms with Gasteiger partial charge in [-0.25, -0.2) is 4.98 Å². The van der Waals surface area contributed by atoms with Gasteiger partial charge in [0.25, 0.3) is 0 Å². The van der Waals surface area contributed by atoms with Gasteiger partial charge in [0.05, 0.1) is 37.1 Å². The van der Waals surface area contributed by atoms with Crippen LogP contribution >= 0.6 is 0 Å². The van der Waals surface area contributed by atoms with E-state index in [9.17, 15) is 0 Å². The van der Waals surface area contributed by atoms with E-state index < -0.39 is 0 Å². The normalized spacial score (nSPS) is 19.9. The van der Waals surface area contributed by atoms with Crippen molar-refractivity contribution >= 4 is 0 Å². The van der Waals surface area contributed by atoms with Crippen LogP contribution in [0.2, 0.25) is 0 Å². The highest BCUT2D eigenvalue weighted by Gasteiger charge is 2.19. The summed E-state index contributed by atoms with van der Waals surface area (Å²) >= 11 is 0. The van der Waals surface area contributed by atoms with Crippen LogP contribution in [0.25, 0.3) is 0 Å². The van der Waals surface area contributed by atoms with Gasteiger partial charge in [-0.05, 0) is 12.1 Å². The maximum Gasteiger partial charge on any atom is 0.111 e. The number of nitrogens with zero attached hydrogens (tertiary/aromatic N) is 4. The van der Waals surface area contributed by atoms with Gasteiger partial charge in [-0.2, -0.15) is 10.2 Å². The van der Waals surface area contributed by atoms with Gasteiger partial charge in [0, 0.05) is 19.3 Å². The Balaban J connectivity index is 1.78. The number of rotatable bonds is 3. The van der Waals surface area contributed by atoms with Gasteiger partial charge in [-0.1, -0.05) is 0 Å². The zero-order chi connectivity index (χ0) is 12.2. The second-order valence-electron chi connectivity index (χ2n) is 4.22. The first-order valence-electron chi connectivity index (χ1n) is 6.02. The van der Waals surface area contributed by atoms with E-state index in [2.05, 4.69) is 25.1 Å². The smallest absolute Gasteiger partial charge is 0.111 e. The SMILES string of the molecule is c1cnnc(Cn2cncc2C2CNCCO2)c1. The fraction of sp³-hybridized carbons (Fsp3) is 0.417. The van der Waals surface area contributed by atoms with Crippen molar-refractivity contribution < 1.29 is 4.74 Å². The predicted octanol–water partition coefficient (Wildman–Crippen LogP) is 0.382. The number of nitrogens with one attached hydrogen (secondary N) is 1. The van der Waals surface area contributed by atoms with Gasteiger partial charge in [-0.3, -0.25) is 0 Å². The van der Waals surface area contributed by atoms with Gasteiger partial charge in [0.2, 0.25) is 0 Å². The minimum absolute atomic E-state index is 0.0675. The van der Waals surface area contributed by atoms with Gasteiger partial charge in [-0.15, -0.1) is 0 Å². The molecule has 0 aliphatic carbocycles. The highest BCUT2D eigenvalue weighted by atomic mass is 16.5. The second kappa shape index (κ2) is 5.24. The summed E-state index contributed by atoms with van der Waals surface area (Å²) in [5.74, 6) is 0. The van der Waals surface area contributed by atoms with E-state index in [1.165, 1.54) is 0 Å². The second-order valence-corrected chi connectivity index (χ2v) is 4.22. The number of imidazole rings is 1. The molecule has 1 unspecified atom stereocenters. The van der Waals surface area contributed by atoms with Crippen molar-refractivity contribution in [1.82, 2.24) is 25.1 Å². The summed E-state index contributed by atoms with van der Waals surface area (Å²) in [7, 11) is 0. The molecule has 1 fully saturated rings. The average molecular weight is 245 g/mol. The van der Waals surface area contributed by atoms with E-state index in [4.69, 9.17) is 4.74 Å². The summed E-state index contributed by atoms with van der Waals surface area (Å²) in [6.45, 7) is 3.14. The zero-order valence-corrected chi connectivity index (χ0v) is 9.99. The molecule has 2 aromatic heterocycles. The molecule has 0 amide bonds. The summed E-state index contributed by atoms with van der Waals surface area (Å²) in [4.78, 5) is 4.20. The van der Waals surface area contributed by atoms with Gasteiger partial charge >= 0.3 is 0 Å². The van der Waals surface area contributed by atoms with E-state index in [1.807, 2.05) is 24.7 Å². The summed E-state index contributed by atoms with van der Waals surface area (Å²) < 4.78 is 7.80.